The van der Waals surface area contributed by atoms with Crippen LogP contribution in [0.2, 0.25) is 0 Å². The van der Waals surface area contributed by atoms with Gasteiger partial charge in [-0.1, -0.05) is 91.0 Å². The van der Waals surface area contributed by atoms with E-state index in [-0.39, 0.29) is 6.61 Å². The third kappa shape index (κ3) is 4.49. The zero-order valence-corrected chi connectivity index (χ0v) is 17.2. The van der Waals surface area contributed by atoms with E-state index < -0.39 is 13.9 Å². The number of aliphatic hydroxyl groups is 1. The zero-order chi connectivity index (χ0) is 20.8. The molecule has 0 unspecified atom stereocenters. The summed E-state index contributed by atoms with van der Waals surface area (Å²) in [5, 5.41) is 12.6. The summed E-state index contributed by atoms with van der Waals surface area (Å²) in [5.41, 5.74) is 1.20. The Kier molecular flexibility index (Phi) is 6.34. The molecule has 4 aromatic carbocycles. The second-order valence-corrected chi connectivity index (χ2v) is 8.90. The third-order valence-electron chi connectivity index (χ3n) is 4.71. The van der Waals surface area contributed by atoms with Gasteiger partial charge in [0.15, 0.2) is 0 Å². The molecular weight excluding hydrogens is 391 g/mol. The Hall–Kier alpha value is -3.26. The van der Waals surface area contributed by atoms with Gasteiger partial charge in [-0.2, -0.15) is 0 Å². The SMILES string of the molecule is O=C(Oc1ccccc1P(c1ccccc1)c1ccccc1)c1ccc(CO)cc1. The first kappa shape index (κ1) is 20.0. The summed E-state index contributed by atoms with van der Waals surface area (Å²) in [6.07, 6.45) is 0. The summed E-state index contributed by atoms with van der Waals surface area (Å²) in [5.74, 6) is 0.149. The summed E-state index contributed by atoms with van der Waals surface area (Å²) < 4.78 is 5.84. The first-order valence-electron chi connectivity index (χ1n) is 9.67. The molecule has 0 saturated carbocycles. The van der Waals surface area contributed by atoms with Crippen LogP contribution >= 0.6 is 7.92 Å². The molecule has 0 aliphatic heterocycles. The minimum Gasteiger partial charge on any atom is -0.422 e. The van der Waals surface area contributed by atoms with Gasteiger partial charge in [-0.3, -0.25) is 0 Å². The average Bonchev–Trinajstić information content (AvgIpc) is 2.82. The van der Waals surface area contributed by atoms with Crippen molar-refractivity contribution in [3.63, 3.8) is 0 Å². The number of rotatable bonds is 6. The second kappa shape index (κ2) is 9.49. The molecule has 0 atom stereocenters. The van der Waals surface area contributed by atoms with Crippen LogP contribution in [0.15, 0.2) is 109 Å². The van der Waals surface area contributed by atoms with Crippen LogP contribution in [0.1, 0.15) is 15.9 Å². The molecular formula is C26H21O3P. The van der Waals surface area contributed by atoms with Gasteiger partial charge in [0, 0.05) is 5.30 Å². The lowest BCUT2D eigenvalue weighted by molar-refractivity contribution is 0.0736. The molecule has 0 aliphatic rings. The fourth-order valence-electron chi connectivity index (χ4n) is 3.21. The van der Waals surface area contributed by atoms with Crippen molar-refractivity contribution in [3.05, 3.63) is 120 Å². The standard InChI is InChI=1S/C26H21O3P/c27-19-20-15-17-21(18-16-20)26(28)29-24-13-7-8-14-25(24)30(22-9-3-1-4-10-22)23-11-5-2-6-12-23/h1-18,27H,19H2. The number of hydrogen-bond donors (Lipinski definition) is 1. The molecule has 0 aromatic heterocycles. The molecule has 4 aromatic rings. The van der Waals surface area contributed by atoms with Crippen molar-refractivity contribution in [1.29, 1.82) is 0 Å². The fourth-order valence-corrected chi connectivity index (χ4v) is 5.59. The van der Waals surface area contributed by atoms with Crippen molar-refractivity contribution >= 4 is 29.8 Å². The highest BCUT2D eigenvalue weighted by Crippen LogP contribution is 2.36. The van der Waals surface area contributed by atoms with E-state index in [0.29, 0.717) is 11.3 Å². The van der Waals surface area contributed by atoms with E-state index in [1.54, 1.807) is 24.3 Å². The Morgan fingerprint density at radius 2 is 1.23 bits per heavy atom. The molecule has 0 amide bonds. The Balaban J connectivity index is 1.72. The van der Waals surface area contributed by atoms with Gasteiger partial charge in [0.25, 0.3) is 0 Å². The van der Waals surface area contributed by atoms with Gasteiger partial charge in [-0.25, -0.2) is 4.79 Å². The van der Waals surface area contributed by atoms with E-state index in [1.807, 2.05) is 60.7 Å². The highest BCUT2D eigenvalue weighted by molar-refractivity contribution is 7.80. The molecule has 148 valence electrons. The molecule has 0 fully saturated rings. The van der Waals surface area contributed by atoms with Crippen LogP contribution in [0, 0.1) is 0 Å². The minimum atomic E-state index is -0.884. The normalized spacial score (nSPS) is 10.7. The third-order valence-corrected chi connectivity index (χ3v) is 7.19. The van der Waals surface area contributed by atoms with Crippen molar-refractivity contribution in [2.45, 2.75) is 6.61 Å². The monoisotopic (exact) mass is 412 g/mol. The summed E-state index contributed by atoms with van der Waals surface area (Å²) in [6, 6.07) is 35.1. The lowest BCUT2D eigenvalue weighted by Gasteiger charge is -2.21. The number of hydrogen-bond acceptors (Lipinski definition) is 3. The predicted molar refractivity (Wildman–Crippen MR) is 122 cm³/mol. The van der Waals surface area contributed by atoms with Crippen LogP contribution in [-0.4, -0.2) is 11.1 Å². The highest BCUT2D eigenvalue weighted by Gasteiger charge is 2.21. The lowest BCUT2D eigenvalue weighted by Crippen LogP contribution is -2.23. The van der Waals surface area contributed by atoms with Crippen molar-refractivity contribution in [3.8, 4) is 5.75 Å². The van der Waals surface area contributed by atoms with E-state index >= 15 is 0 Å². The molecule has 0 radical (unpaired) electrons. The average molecular weight is 412 g/mol. The van der Waals surface area contributed by atoms with Crippen LogP contribution in [-0.2, 0) is 6.61 Å². The van der Waals surface area contributed by atoms with Gasteiger partial charge in [0.1, 0.15) is 5.75 Å². The van der Waals surface area contributed by atoms with Gasteiger partial charge in [0.05, 0.1) is 12.2 Å². The number of aliphatic hydroxyl groups excluding tert-OH is 1. The van der Waals surface area contributed by atoms with E-state index in [1.165, 1.54) is 10.6 Å². The topological polar surface area (TPSA) is 46.5 Å². The van der Waals surface area contributed by atoms with Crippen LogP contribution in [0.5, 0.6) is 5.75 Å². The zero-order valence-electron chi connectivity index (χ0n) is 16.3. The smallest absolute Gasteiger partial charge is 0.343 e. The van der Waals surface area contributed by atoms with Gasteiger partial charge < -0.3 is 9.84 Å². The molecule has 3 nitrogen and oxygen atoms in total. The maximum absolute atomic E-state index is 12.8. The highest BCUT2D eigenvalue weighted by atomic mass is 31.1. The van der Waals surface area contributed by atoms with E-state index in [0.717, 1.165) is 10.9 Å². The maximum atomic E-state index is 12.8. The summed E-state index contributed by atoms with van der Waals surface area (Å²) in [4.78, 5) is 12.8. The molecule has 0 aliphatic carbocycles. The Morgan fingerprint density at radius 1 is 0.700 bits per heavy atom. The van der Waals surface area contributed by atoms with Crippen LogP contribution in [0.4, 0.5) is 0 Å². The largest absolute Gasteiger partial charge is 0.422 e. The molecule has 4 heteroatoms. The molecule has 0 heterocycles. The first-order chi connectivity index (χ1) is 14.8. The quantitative estimate of drug-likeness (QED) is 0.294. The van der Waals surface area contributed by atoms with Crippen molar-refractivity contribution in [1.82, 2.24) is 0 Å². The van der Waals surface area contributed by atoms with Crippen molar-refractivity contribution in [2.75, 3.05) is 0 Å². The molecule has 1 N–H and O–H groups in total. The fraction of sp³-hybridized carbons (Fsp3) is 0.0385. The summed E-state index contributed by atoms with van der Waals surface area (Å²) >= 11 is 0. The Labute approximate surface area is 177 Å². The van der Waals surface area contributed by atoms with Crippen LogP contribution in [0.3, 0.4) is 0 Å². The van der Waals surface area contributed by atoms with Gasteiger partial charge in [-0.05, 0) is 42.3 Å². The van der Waals surface area contributed by atoms with Gasteiger partial charge in [0.2, 0.25) is 0 Å². The second-order valence-electron chi connectivity index (χ2n) is 6.72. The Morgan fingerprint density at radius 3 is 1.80 bits per heavy atom. The predicted octanol–water partition coefficient (Wildman–Crippen LogP) is 4.16. The van der Waals surface area contributed by atoms with Crippen molar-refractivity contribution < 1.29 is 14.6 Å². The first-order valence-corrected chi connectivity index (χ1v) is 11.0. The van der Waals surface area contributed by atoms with Crippen molar-refractivity contribution in [2.24, 2.45) is 0 Å². The van der Waals surface area contributed by atoms with Gasteiger partial charge >= 0.3 is 5.97 Å². The molecule has 4 rings (SSSR count). The van der Waals surface area contributed by atoms with E-state index in [2.05, 4.69) is 24.3 Å². The number of carbonyl (C=O) groups is 1. The van der Waals surface area contributed by atoms with E-state index in [4.69, 9.17) is 4.74 Å². The van der Waals surface area contributed by atoms with Crippen LogP contribution in [0.25, 0.3) is 0 Å². The number of benzene rings is 4. The molecule has 0 saturated heterocycles. The summed E-state index contributed by atoms with van der Waals surface area (Å²) in [7, 11) is -0.884. The lowest BCUT2D eigenvalue weighted by atomic mass is 10.1. The molecule has 0 bridgehead atoms. The maximum Gasteiger partial charge on any atom is 0.343 e. The molecule has 0 spiro atoms. The number of carbonyl (C=O) groups excluding carboxylic acids is 1. The summed E-state index contributed by atoms with van der Waals surface area (Å²) in [6.45, 7) is -0.0589. The molecule has 30 heavy (non-hydrogen) atoms. The Bertz CT molecular complexity index is 1070. The number of ether oxygens (including phenoxy) is 1. The minimum absolute atomic E-state index is 0.0589. The number of esters is 1. The van der Waals surface area contributed by atoms with E-state index in [9.17, 15) is 9.90 Å². The van der Waals surface area contributed by atoms with Gasteiger partial charge in [-0.15, -0.1) is 0 Å². The van der Waals surface area contributed by atoms with Crippen LogP contribution < -0.4 is 20.7 Å². The number of para-hydroxylation sites is 1.